The van der Waals surface area contributed by atoms with Crippen LogP contribution < -0.4 is 16.6 Å². The maximum absolute atomic E-state index is 13.5. The first-order chi connectivity index (χ1) is 14.9. The second-order valence-corrected chi connectivity index (χ2v) is 7.40. The molecule has 2 heterocycles. The van der Waals surface area contributed by atoms with E-state index < -0.39 is 6.04 Å². The van der Waals surface area contributed by atoms with Crippen molar-refractivity contribution in [2.24, 2.45) is 0 Å². The lowest BCUT2D eigenvalue weighted by atomic mass is 10.1. The van der Waals surface area contributed by atoms with E-state index in [1.54, 1.807) is 18.2 Å². The van der Waals surface area contributed by atoms with Crippen LogP contribution in [-0.4, -0.2) is 25.3 Å². The predicted molar refractivity (Wildman–Crippen MR) is 121 cm³/mol. The van der Waals surface area contributed by atoms with Gasteiger partial charge in [0.2, 0.25) is 5.95 Å². The van der Waals surface area contributed by atoms with E-state index in [-0.39, 0.29) is 23.1 Å². The number of halogens is 1. The van der Waals surface area contributed by atoms with Gasteiger partial charge in [-0.05, 0) is 38.1 Å². The molecule has 31 heavy (non-hydrogen) atoms. The summed E-state index contributed by atoms with van der Waals surface area (Å²) in [7, 11) is 0. The number of benzene rings is 2. The molecule has 0 radical (unpaired) electrons. The molecule has 3 N–H and O–H groups in total. The molecule has 2 aromatic carbocycles. The minimum absolute atomic E-state index is 0.0263. The Morgan fingerprint density at radius 3 is 2.58 bits per heavy atom. The fourth-order valence-corrected chi connectivity index (χ4v) is 3.61. The number of carbonyl (C=O) groups excluding carboxylic acids is 1. The molecule has 4 rings (SSSR count). The standard InChI is InChI=1S/C22H19ClN6O2/c1-12(26-19-15(13(2)30)11-25-22(24)28-19)20-27-17-10-6-9-16(23)18(17)21(31)29(20)14-7-4-3-5-8-14/h3-12H,1-2H3,(H3,24,25,26,28). The van der Waals surface area contributed by atoms with Gasteiger partial charge in [-0.1, -0.05) is 35.9 Å². The highest BCUT2D eigenvalue weighted by atomic mass is 35.5. The molecule has 4 aromatic rings. The Morgan fingerprint density at radius 2 is 1.87 bits per heavy atom. The second-order valence-electron chi connectivity index (χ2n) is 6.99. The smallest absolute Gasteiger partial charge is 0.267 e. The van der Waals surface area contributed by atoms with Crippen LogP contribution in [-0.2, 0) is 0 Å². The van der Waals surface area contributed by atoms with Crippen LogP contribution in [0.4, 0.5) is 11.8 Å². The topological polar surface area (TPSA) is 116 Å². The summed E-state index contributed by atoms with van der Waals surface area (Å²) in [5.74, 6) is 0.511. The normalized spacial score (nSPS) is 12.0. The molecular weight excluding hydrogens is 416 g/mol. The predicted octanol–water partition coefficient (Wildman–Crippen LogP) is 3.79. The van der Waals surface area contributed by atoms with Crippen molar-refractivity contribution in [2.75, 3.05) is 11.1 Å². The van der Waals surface area contributed by atoms with Gasteiger partial charge in [0.1, 0.15) is 11.6 Å². The zero-order valence-corrected chi connectivity index (χ0v) is 17.6. The van der Waals surface area contributed by atoms with Crippen LogP contribution in [0, 0.1) is 0 Å². The van der Waals surface area contributed by atoms with Gasteiger partial charge in [0, 0.05) is 6.20 Å². The van der Waals surface area contributed by atoms with E-state index in [9.17, 15) is 9.59 Å². The van der Waals surface area contributed by atoms with Crippen LogP contribution in [0.2, 0.25) is 5.02 Å². The third kappa shape index (κ3) is 3.85. The van der Waals surface area contributed by atoms with E-state index in [1.165, 1.54) is 17.7 Å². The quantitative estimate of drug-likeness (QED) is 0.459. The maximum Gasteiger partial charge on any atom is 0.267 e. The minimum atomic E-state index is -0.510. The Balaban J connectivity index is 1.92. The molecule has 8 nitrogen and oxygen atoms in total. The number of anilines is 2. The zero-order chi connectivity index (χ0) is 22.1. The molecule has 0 amide bonds. The SMILES string of the molecule is CC(=O)c1cnc(N)nc1NC(C)c1nc2cccc(Cl)c2c(=O)n1-c1ccccc1. The summed E-state index contributed by atoms with van der Waals surface area (Å²) in [6.45, 7) is 3.24. The van der Waals surface area contributed by atoms with Crippen molar-refractivity contribution in [3.05, 3.63) is 81.5 Å². The number of Topliss-reactive ketones (excluding diaryl/α,β-unsaturated/α-hetero) is 1. The molecule has 1 unspecified atom stereocenters. The lowest BCUT2D eigenvalue weighted by molar-refractivity contribution is 0.101. The molecule has 0 fully saturated rings. The molecule has 0 aliphatic carbocycles. The number of nitrogens with one attached hydrogen (secondary N) is 1. The van der Waals surface area contributed by atoms with Crippen molar-refractivity contribution < 1.29 is 4.79 Å². The number of ketones is 1. The average Bonchev–Trinajstić information content (AvgIpc) is 2.74. The number of hydrogen-bond acceptors (Lipinski definition) is 7. The van der Waals surface area contributed by atoms with Gasteiger partial charge in [0.05, 0.1) is 33.2 Å². The summed E-state index contributed by atoms with van der Waals surface area (Å²) < 4.78 is 1.50. The summed E-state index contributed by atoms with van der Waals surface area (Å²) in [5.41, 5.74) is 6.83. The van der Waals surface area contributed by atoms with Gasteiger partial charge in [-0.3, -0.25) is 14.2 Å². The van der Waals surface area contributed by atoms with Crippen LogP contribution in [0.3, 0.4) is 0 Å². The number of nitrogen functional groups attached to an aromatic ring is 1. The van der Waals surface area contributed by atoms with Crippen LogP contribution in [0.15, 0.2) is 59.5 Å². The summed E-state index contributed by atoms with van der Waals surface area (Å²) >= 11 is 6.32. The van der Waals surface area contributed by atoms with Crippen LogP contribution in [0.1, 0.15) is 36.1 Å². The van der Waals surface area contributed by atoms with Gasteiger partial charge >= 0.3 is 0 Å². The van der Waals surface area contributed by atoms with Gasteiger partial charge in [0.25, 0.3) is 5.56 Å². The molecule has 0 aliphatic rings. The highest BCUT2D eigenvalue weighted by Gasteiger charge is 2.21. The molecule has 0 spiro atoms. The number of aromatic nitrogens is 4. The second kappa shape index (κ2) is 8.16. The Kier molecular flexibility index (Phi) is 5.39. The molecule has 156 valence electrons. The zero-order valence-electron chi connectivity index (χ0n) is 16.8. The number of rotatable bonds is 5. The first-order valence-corrected chi connectivity index (χ1v) is 9.91. The molecule has 2 aromatic heterocycles. The maximum atomic E-state index is 13.5. The molecule has 9 heteroatoms. The van der Waals surface area contributed by atoms with Crippen molar-refractivity contribution in [1.29, 1.82) is 0 Å². The summed E-state index contributed by atoms with van der Waals surface area (Å²) in [6.07, 6.45) is 1.37. The lowest BCUT2D eigenvalue weighted by Crippen LogP contribution is -2.28. The highest BCUT2D eigenvalue weighted by Crippen LogP contribution is 2.25. The van der Waals surface area contributed by atoms with E-state index in [0.29, 0.717) is 33.0 Å². The molecule has 0 bridgehead atoms. The van der Waals surface area contributed by atoms with Crippen LogP contribution in [0.5, 0.6) is 0 Å². The summed E-state index contributed by atoms with van der Waals surface area (Å²) in [4.78, 5) is 38.2. The van der Waals surface area contributed by atoms with Gasteiger partial charge in [-0.2, -0.15) is 4.98 Å². The highest BCUT2D eigenvalue weighted by molar-refractivity contribution is 6.35. The molecule has 0 aliphatic heterocycles. The van der Waals surface area contributed by atoms with Crippen molar-refractivity contribution >= 4 is 40.1 Å². The lowest BCUT2D eigenvalue weighted by Gasteiger charge is -2.21. The van der Waals surface area contributed by atoms with Crippen molar-refractivity contribution in [1.82, 2.24) is 19.5 Å². The van der Waals surface area contributed by atoms with Crippen molar-refractivity contribution in [3.63, 3.8) is 0 Å². The summed E-state index contributed by atoms with van der Waals surface area (Å²) in [5, 5.41) is 3.82. The Morgan fingerprint density at radius 1 is 1.13 bits per heavy atom. The molecule has 0 saturated carbocycles. The Labute approximate surface area is 182 Å². The fraction of sp³-hybridized carbons (Fsp3) is 0.136. The number of para-hydroxylation sites is 1. The van der Waals surface area contributed by atoms with Gasteiger partial charge in [0.15, 0.2) is 5.78 Å². The number of nitrogens with two attached hydrogens (primary N) is 1. The van der Waals surface area contributed by atoms with E-state index >= 15 is 0 Å². The van der Waals surface area contributed by atoms with Gasteiger partial charge < -0.3 is 11.1 Å². The third-order valence-corrected chi connectivity index (χ3v) is 5.13. The number of carbonyl (C=O) groups is 1. The number of nitrogens with zero attached hydrogens (tertiary/aromatic N) is 4. The first-order valence-electron chi connectivity index (χ1n) is 9.53. The third-order valence-electron chi connectivity index (χ3n) is 4.81. The van der Waals surface area contributed by atoms with Crippen LogP contribution in [0.25, 0.3) is 16.6 Å². The average molecular weight is 435 g/mol. The molecule has 0 saturated heterocycles. The van der Waals surface area contributed by atoms with Crippen molar-refractivity contribution in [2.45, 2.75) is 19.9 Å². The Bertz CT molecular complexity index is 1350. The minimum Gasteiger partial charge on any atom is -0.368 e. The van der Waals surface area contributed by atoms with E-state index in [0.717, 1.165) is 0 Å². The van der Waals surface area contributed by atoms with E-state index in [1.807, 2.05) is 37.3 Å². The monoisotopic (exact) mass is 434 g/mol. The number of fused-ring (bicyclic) bond motifs is 1. The van der Waals surface area contributed by atoms with E-state index in [4.69, 9.17) is 22.3 Å². The number of hydrogen-bond donors (Lipinski definition) is 2. The van der Waals surface area contributed by atoms with Gasteiger partial charge in [-0.15, -0.1) is 0 Å². The van der Waals surface area contributed by atoms with E-state index in [2.05, 4.69) is 15.3 Å². The van der Waals surface area contributed by atoms with Crippen molar-refractivity contribution in [3.8, 4) is 5.69 Å². The molecular formula is C22H19ClN6O2. The largest absolute Gasteiger partial charge is 0.368 e. The molecule has 1 atom stereocenters. The fourth-order valence-electron chi connectivity index (χ4n) is 3.36. The van der Waals surface area contributed by atoms with Gasteiger partial charge in [-0.25, -0.2) is 9.97 Å². The van der Waals surface area contributed by atoms with Crippen LogP contribution >= 0.6 is 11.6 Å². The summed E-state index contributed by atoms with van der Waals surface area (Å²) in [6, 6.07) is 13.8. The Hall–Kier alpha value is -3.78. The first kappa shape index (κ1) is 20.5.